The monoisotopic (exact) mass is 549 g/mol. The number of carbonyl (C=O) groups excluding carboxylic acids is 1. The van der Waals surface area contributed by atoms with Gasteiger partial charge in [0.25, 0.3) is 5.91 Å². The number of H-pyrrole nitrogens is 1. The fraction of sp³-hybridized carbons (Fsp3) is 0.312. The van der Waals surface area contributed by atoms with Crippen LogP contribution in [0.2, 0.25) is 0 Å². The van der Waals surface area contributed by atoms with E-state index in [1.54, 1.807) is 6.08 Å². The predicted octanol–water partition coefficient (Wildman–Crippen LogP) is 5.32. The average molecular weight is 550 g/mol. The highest BCUT2D eigenvalue weighted by Gasteiger charge is 2.32. The molecule has 5 rings (SSSR count). The molecule has 4 aromatic rings. The van der Waals surface area contributed by atoms with Crippen LogP contribution < -0.4 is 10.5 Å². The second kappa shape index (κ2) is 11.4. The molecule has 1 atom stereocenters. The largest absolute Gasteiger partial charge is 0.457 e. The summed E-state index contributed by atoms with van der Waals surface area (Å²) in [5, 5.41) is 17.8. The molecule has 3 N–H and O–H groups in total. The van der Waals surface area contributed by atoms with Crippen molar-refractivity contribution in [1.29, 1.82) is 5.26 Å². The Balaban J connectivity index is 1.42. The van der Waals surface area contributed by atoms with Gasteiger partial charge in [0.2, 0.25) is 0 Å². The smallest absolute Gasteiger partial charge is 0.264 e. The Labute approximate surface area is 240 Å². The van der Waals surface area contributed by atoms with Crippen LogP contribution in [0.5, 0.6) is 11.5 Å². The summed E-state index contributed by atoms with van der Waals surface area (Å²) in [4.78, 5) is 22.3. The first-order chi connectivity index (χ1) is 19.7. The standard InChI is InChI=1S/C32H35N7O2/c1-32(2,38(3)4)19-22(20-33)31(40)39-16-8-9-24(39)17-23-18-27-28(30(34)37-36-27)29(35-23)21-12-14-26(15-13-21)41-25-10-6-5-7-11-25/h5-7,10-15,18-19,24H,8-9,16-17H2,1-4H3,(H3,34,36,37)/b22-19-/t24-/m0/s1. The number of nitriles is 1. The van der Waals surface area contributed by atoms with E-state index in [0.29, 0.717) is 24.5 Å². The first kappa shape index (κ1) is 27.9. The summed E-state index contributed by atoms with van der Waals surface area (Å²) in [5.41, 5.74) is 9.18. The van der Waals surface area contributed by atoms with E-state index >= 15 is 0 Å². The van der Waals surface area contributed by atoms with Crippen molar-refractivity contribution in [2.24, 2.45) is 0 Å². The number of hydrogen-bond acceptors (Lipinski definition) is 7. The number of aromatic amines is 1. The maximum Gasteiger partial charge on any atom is 0.264 e. The number of aromatic nitrogens is 3. The lowest BCUT2D eigenvalue weighted by atomic mass is 9.99. The summed E-state index contributed by atoms with van der Waals surface area (Å²) in [7, 11) is 3.86. The Morgan fingerprint density at radius 2 is 1.90 bits per heavy atom. The Kier molecular flexibility index (Phi) is 7.77. The molecular formula is C32H35N7O2. The van der Waals surface area contributed by atoms with E-state index in [-0.39, 0.29) is 17.5 Å². The molecule has 3 heterocycles. The number of rotatable bonds is 8. The van der Waals surface area contributed by atoms with E-state index in [9.17, 15) is 10.1 Å². The number of pyridine rings is 1. The topological polar surface area (TPSA) is 124 Å². The molecule has 0 saturated carbocycles. The van der Waals surface area contributed by atoms with Gasteiger partial charge in [0.05, 0.1) is 16.6 Å². The Morgan fingerprint density at radius 1 is 1.20 bits per heavy atom. The third kappa shape index (κ3) is 5.93. The van der Waals surface area contributed by atoms with Crippen LogP contribution in [0.1, 0.15) is 32.4 Å². The molecule has 0 aliphatic carbocycles. The number of benzene rings is 2. The number of nitrogens with zero attached hydrogens (tertiary/aromatic N) is 5. The third-order valence-electron chi connectivity index (χ3n) is 7.82. The number of hydrogen-bond donors (Lipinski definition) is 2. The SMILES string of the molecule is CN(C)C(C)(C)/C=C(/C#N)C(=O)N1CCC[C@H]1Cc1cc2[nH]nc(N)c2c(-c2ccc(Oc3ccccc3)cc2)n1. The van der Waals surface area contributed by atoms with Gasteiger partial charge in [0, 0.05) is 35.8 Å². The number of ether oxygens (including phenoxy) is 1. The van der Waals surface area contributed by atoms with Crippen LogP contribution in [-0.4, -0.2) is 63.1 Å². The molecule has 210 valence electrons. The highest BCUT2D eigenvalue weighted by molar-refractivity contribution is 6.00. The number of fused-ring (bicyclic) bond motifs is 1. The van der Waals surface area contributed by atoms with Crippen LogP contribution >= 0.6 is 0 Å². The van der Waals surface area contributed by atoms with Crippen LogP contribution in [0.4, 0.5) is 5.82 Å². The Morgan fingerprint density at radius 3 is 2.59 bits per heavy atom. The molecule has 1 amide bonds. The molecule has 0 radical (unpaired) electrons. The molecule has 41 heavy (non-hydrogen) atoms. The van der Waals surface area contributed by atoms with Crippen LogP contribution in [0, 0.1) is 11.3 Å². The van der Waals surface area contributed by atoms with Crippen LogP contribution in [0.25, 0.3) is 22.2 Å². The van der Waals surface area contributed by atoms with Gasteiger partial charge in [-0.1, -0.05) is 18.2 Å². The van der Waals surface area contributed by atoms with Gasteiger partial charge in [-0.2, -0.15) is 10.4 Å². The predicted molar refractivity (Wildman–Crippen MR) is 160 cm³/mol. The van der Waals surface area contributed by atoms with Gasteiger partial charge in [0.1, 0.15) is 23.1 Å². The van der Waals surface area contributed by atoms with Gasteiger partial charge >= 0.3 is 0 Å². The summed E-state index contributed by atoms with van der Waals surface area (Å²) < 4.78 is 5.95. The van der Waals surface area contributed by atoms with E-state index in [4.69, 9.17) is 15.5 Å². The van der Waals surface area contributed by atoms with Crippen molar-refractivity contribution in [2.45, 2.75) is 44.7 Å². The van der Waals surface area contributed by atoms with Crippen LogP contribution in [0.3, 0.4) is 0 Å². The molecule has 1 aliphatic heterocycles. The quantitative estimate of drug-likeness (QED) is 0.225. The molecule has 2 aromatic heterocycles. The van der Waals surface area contributed by atoms with Crippen molar-refractivity contribution >= 4 is 22.6 Å². The van der Waals surface area contributed by atoms with E-state index < -0.39 is 5.54 Å². The summed E-state index contributed by atoms with van der Waals surface area (Å²) in [6, 6.07) is 21.4. The van der Waals surface area contributed by atoms with Crippen molar-refractivity contribution in [3.8, 4) is 28.8 Å². The lowest BCUT2D eigenvalue weighted by Crippen LogP contribution is -2.40. The van der Waals surface area contributed by atoms with E-state index in [2.05, 4.69) is 16.3 Å². The average Bonchev–Trinajstić information content (AvgIpc) is 3.58. The number of nitrogens with one attached hydrogen (secondary N) is 1. The minimum atomic E-state index is -0.431. The minimum Gasteiger partial charge on any atom is -0.457 e. The number of amides is 1. The normalized spacial score (nSPS) is 15.9. The van der Waals surface area contributed by atoms with Gasteiger partial charge in [0.15, 0.2) is 5.82 Å². The minimum absolute atomic E-state index is 0.0681. The number of para-hydroxylation sites is 1. The third-order valence-corrected chi connectivity index (χ3v) is 7.82. The summed E-state index contributed by atoms with van der Waals surface area (Å²) in [6.07, 6.45) is 4.03. The lowest BCUT2D eigenvalue weighted by Gasteiger charge is -2.30. The summed E-state index contributed by atoms with van der Waals surface area (Å²) in [6.45, 7) is 4.58. The van der Waals surface area contributed by atoms with E-state index in [1.165, 1.54) is 0 Å². The van der Waals surface area contributed by atoms with Crippen molar-refractivity contribution in [3.63, 3.8) is 0 Å². The van der Waals surface area contributed by atoms with Crippen LogP contribution in [-0.2, 0) is 11.2 Å². The van der Waals surface area contributed by atoms with Gasteiger partial charge in [-0.25, -0.2) is 0 Å². The molecule has 1 saturated heterocycles. The zero-order valence-corrected chi connectivity index (χ0v) is 23.9. The summed E-state index contributed by atoms with van der Waals surface area (Å²) >= 11 is 0. The fourth-order valence-corrected chi connectivity index (χ4v) is 5.08. The zero-order valence-electron chi connectivity index (χ0n) is 23.9. The zero-order chi connectivity index (χ0) is 29.1. The number of likely N-dealkylation sites (N-methyl/N-ethyl adjacent to an activating group) is 1. The number of carbonyl (C=O) groups is 1. The highest BCUT2D eigenvalue weighted by atomic mass is 16.5. The number of anilines is 1. The molecule has 0 bridgehead atoms. The molecule has 9 heteroatoms. The van der Waals surface area contributed by atoms with Gasteiger partial charge in [-0.15, -0.1) is 0 Å². The fourth-order valence-electron chi connectivity index (χ4n) is 5.08. The van der Waals surface area contributed by atoms with E-state index in [0.717, 1.165) is 46.4 Å². The molecule has 0 unspecified atom stereocenters. The molecule has 0 spiro atoms. The first-order valence-electron chi connectivity index (χ1n) is 13.7. The molecule has 2 aromatic carbocycles. The Bertz CT molecular complexity index is 1620. The number of nitrogens with two attached hydrogens (primary N) is 1. The second-order valence-corrected chi connectivity index (χ2v) is 11.1. The van der Waals surface area contributed by atoms with Crippen molar-refractivity contribution in [1.82, 2.24) is 25.0 Å². The van der Waals surface area contributed by atoms with Crippen molar-refractivity contribution in [2.75, 3.05) is 26.4 Å². The van der Waals surface area contributed by atoms with Crippen LogP contribution in [0.15, 0.2) is 72.3 Å². The second-order valence-electron chi connectivity index (χ2n) is 11.1. The van der Waals surface area contributed by atoms with E-state index in [1.807, 2.05) is 98.4 Å². The molecule has 9 nitrogen and oxygen atoms in total. The van der Waals surface area contributed by atoms with Crippen molar-refractivity contribution < 1.29 is 9.53 Å². The molecule has 1 aliphatic rings. The van der Waals surface area contributed by atoms with Gasteiger partial charge < -0.3 is 20.3 Å². The highest BCUT2D eigenvalue weighted by Crippen LogP contribution is 2.33. The lowest BCUT2D eigenvalue weighted by molar-refractivity contribution is -0.127. The van der Waals surface area contributed by atoms with Crippen molar-refractivity contribution in [3.05, 3.63) is 78.0 Å². The molecular weight excluding hydrogens is 514 g/mol. The first-order valence-corrected chi connectivity index (χ1v) is 13.7. The van der Waals surface area contributed by atoms with Gasteiger partial charge in [-0.05, 0) is 89.3 Å². The Hall–Kier alpha value is -4.68. The molecule has 1 fully saturated rings. The number of nitrogen functional groups attached to an aromatic ring is 1. The van der Waals surface area contributed by atoms with Gasteiger partial charge in [-0.3, -0.25) is 14.9 Å². The maximum absolute atomic E-state index is 13.5. The summed E-state index contributed by atoms with van der Waals surface area (Å²) in [5.74, 6) is 1.62. The maximum atomic E-state index is 13.5. The number of likely N-dealkylation sites (tertiary alicyclic amines) is 1.